The van der Waals surface area contributed by atoms with Crippen LogP contribution in [0.25, 0.3) is 0 Å². The van der Waals surface area contributed by atoms with Gasteiger partial charge in [-0.25, -0.2) is 0 Å². The smallest absolute Gasteiger partial charge is 0.256 e. The van der Waals surface area contributed by atoms with E-state index in [-0.39, 0.29) is 12.5 Å². The monoisotopic (exact) mass is 256 g/mol. The van der Waals surface area contributed by atoms with Gasteiger partial charge in [-0.3, -0.25) is 9.78 Å². The van der Waals surface area contributed by atoms with Gasteiger partial charge in [0.2, 0.25) is 0 Å². The number of aliphatic hydroxyl groups is 1. The van der Waals surface area contributed by atoms with E-state index in [0.29, 0.717) is 18.7 Å². The van der Waals surface area contributed by atoms with E-state index >= 15 is 0 Å². The van der Waals surface area contributed by atoms with E-state index in [1.54, 1.807) is 17.2 Å². The van der Waals surface area contributed by atoms with Crippen LogP contribution in [0, 0.1) is 0 Å². The van der Waals surface area contributed by atoms with Gasteiger partial charge in [-0.15, -0.1) is 0 Å². The Morgan fingerprint density at radius 2 is 2.43 bits per heavy atom. The maximum atomic E-state index is 11.7. The molecule has 0 spiro atoms. The number of aliphatic hydroxyl groups excluding tert-OH is 1. The standard InChI is InChI=1S/C9H9BrN2O2/c10-6-3-7-8(11-4-6)5-12(1-2-13)9(7)14/h3-4,13H,1-2,5H2. The molecule has 1 N–H and O–H groups in total. The second-order valence-electron chi connectivity index (χ2n) is 3.10. The molecule has 0 bridgehead atoms. The van der Waals surface area contributed by atoms with Crippen molar-refractivity contribution < 1.29 is 9.90 Å². The number of amides is 1. The van der Waals surface area contributed by atoms with Crippen molar-refractivity contribution in [2.45, 2.75) is 6.54 Å². The average Bonchev–Trinajstić information content (AvgIpc) is 2.46. The molecule has 0 unspecified atom stereocenters. The Morgan fingerprint density at radius 1 is 1.64 bits per heavy atom. The number of hydrogen-bond donors (Lipinski definition) is 1. The molecule has 0 fully saturated rings. The number of nitrogens with zero attached hydrogens (tertiary/aromatic N) is 2. The van der Waals surface area contributed by atoms with Crippen molar-refractivity contribution in [1.29, 1.82) is 0 Å². The number of β-amino-alcohol motifs (C(OH)–C–C–N with tert-alkyl or cyclic N) is 1. The van der Waals surface area contributed by atoms with Crippen LogP contribution in [0.1, 0.15) is 16.1 Å². The number of rotatable bonds is 2. The molecule has 1 aromatic rings. The predicted octanol–water partition coefficient (Wildman–Crippen LogP) is 0.792. The van der Waals surface area contributed by atoms with Gasteiger partial charge in [-0.05, 0) is 22.0 Å². The van der Waals surface area contributed by atoms with E-state index in [1.807, 2.05) is 0 Å². The molecule has 0 aromatic carbocycles. The summed E-state index contributed by atoms with van der Waals surface area (Å²) in [5.41, 5.74) is 1.42. The zero-order valence-electron chi connectivity index (χ0n) is 7.40. The van der Waals surface area contributed by atoms with Crippen molar-refractivity contribution in [3.8, 4) is 0 Å². The highest BCUT2D eigenvalue weighted by Crippen LogP contribution is 2.23. The van der Waals surface area contributed by atoms with Crippen LogP contribution in [0.5, 0.6) is 0 Å². The number of halogens is 1. The predicted molar refractivity (Wildman–Crippen MR) is 53.8 cm³/mol. The molecule has 0 saturated carbocycles. The van der Waals surface area contributed by atoms with Gasteiger partial charge in [0.25, 0.3) is 5.91 Å². The number of hydrogen-bond acceptors (Lipinski definition) is 3. The van der Waals surface area contributed by atoms with E-state index in [2.05, 4.69) is 20.9 Å². The minimum absolute atomic E-state index is 0.0130. The second-order valence-corrected chi connectivity index (χ2v) is 4.01. The first-order valence-corrected chi connectivity index (χ1v) is 5.06. The highest BCUT2D eigenvalue weighted by molar-refractivity contribution is 9.10. The molecule has 4 nitrogen and oxygen atoms in total. The number of fused-ring (bicyclic) bond motifs is 1. The molecule has 2 heterocycles. The first-order chi connectivity index (χ1) is 6.72. The average molecular weight is 257 g/mol. The van der Waals surface area contributed by atoms with E-state index in [4.69, 9.17) is 5.11 Å². The summed E-state index contributed by atoms with van der Waals surface area (Å²) in [6.45, 7) is 0.857. The second kappa shape index (κ2) is 3.67. The van der Waals surface area contributed by atoms with Crippen LogP contribution in [0.15, 0.2) is 16.7 Å². The molecule has 2 rings (SSSR count). The lowest BCUT2D eigenvalue weighted by Gasteiger charge is -2.12. The Balaban J connectivity index is 2.31. The van der Waals surface area contributed by atoms with Crippen molar-refractivity contribution in [2.75, 3.05) is 13.2 Å². The van der Waals surface area contributed by atoms with Gasteiger partial charge in [0.1, 0.15) is 0 Å². The summed E-state index contributed by atoms with van der Waals surface area (Å²) in [6, 6.07) is 1.77. The lowest BCUT2D eigenvalue weighted by atomic mass is 10.2. The van der Waals surface area contributed by atoms with Crippen molar-refractivity contribution in [2.24, 2.45) is 0 Å². The molecule has 74 valence electrons. The fourth-order valence-corrected chi connectivity index (χ4v) is 1.83. The summed E-state index contributed by atoms with van der Waals surface area (Å²) < 4.78 is 0.801. The van der Waals surface area contributed by atoms with E-state index in [9.17, 15) is 4.79 Å². The fourth-order valence-electron chi connectivity index (χ4n) is 1.50. The van der Waals surface area contributed by atoms with Gasteiger partial charge in [-0.1, -0.05) is 0 Å². The summed E-state index contributed by atoms with van der Waals surface area (Å²) in [5.74, 6) is -0.0529. The summed E-state index contributed by atoms with van der Waals surface area (Å²) in [4.78, 5) is 17.4. The third kappa shape index (κ3) is 1.53. The van der Waals surface area contributed by atoms with Gasteiger partial charge < -0.3 is 10.0 Å². The van der Waals surface area contributed by atoms with Crippen LogP contribution >= 0.6 is 15.9 Å². The molecule has 5 heteroatoms. The molecule has 1 aromatic heterocycles. The minimum atomic E-state index is -0.0529. The van der Waals surface area contributed by atoms with Crippen LogP contribution in [0.3, 0.4) is 0 Å². The lowest BCUT2D eigenvalue weighted by molar-refractivity contribution is 0.0745. The van der Waals surface area contributed by atoms with Crippen LogP contribution in [0.2, 0.25) is 0 Å². The molecular formula is C9H9BrN2O2. The lowest BCUT2D eigenvalue weighted by Crippen LogP contribution is -2.26. The topological polar surface area (TPSA) is 53.4 Å². The molecule has 0 atom stereocenters. The fraction of sp³-hybridized carbons (Fsp3) is 0.333. The normalized spacial score (nSPS) is 14.7. The first kappa shape index (κ1) is 9.61. The van der Waals surface area contributed by atoms with E-state index < -0.39 is 0 Å². The SMILES string of the molecule is O=C1c2cc(Br)cnc2CN1CCO. The third-order valence-corrected chi connectivity index (χ3v) is 2.60. The molecule has 0 aliphatic carbocycles. The molecule has 0 saturated heterocycles. The summed E-state index contributed by atoms with van der Waals surface area (Å²) in [5, 5.41) is 8.75. The van der Waals surface area contributed by atoms with Crippen molar-refractivity contribution in [1.82, 2.24) is 9.88 Å². The van der Waals surface area contributed by atoms with Crippen molar-refractivity contribution >= 4 is 21.8 Å². The number of carbonyl (C=O) groups is 1. The van der Waals surface area contributed by atoms with Gasteiger partial charge >= 0.3 is 0 Å². The Hall–Kier alpha value is -0.940. The Bertz CT molecular complexity index is 381. The van der Waals surface area contributed by atoms with Crippen molar-refractivity contribution in [3.63, 3.8) is 0 Å². The Morgan fingerprint density at radius 3 is 3.14 bits per heavy atom. The highest BCUT2D eigenvalue weighted by Gasteiger charge is 2.27. The van der Waals surface area contributed by atoms with E-state index in [0.717, 1.165) is 10.2 Å². The van der Waals surface area contributed by atoms with Crippen molar-refractivity contribution in [3.05, 3.63) is 28.0 Å². The van der Waals surface area contributed by atoms with Crippen LogP contribution in [-0.4, -0.2) is 34.0 Å². The number of carbonyl (C=O) groups excluding carboxylic acids is 1. The molecule has 1 aliphatic rings. The van der Waals surface area contributed by atoms with E-state index in [1.165, 1.54) is 0 Å². The zero-order chi connectivity index (χ0) is 10.1. The van der Waals surface area contributed by atoms with Crippen LogP contribution in [0.4, 0.5) is 0 Å². The largest absolute Gasteiger partial charge is 0.395 e. The molecule has 0 radical (unpaired) electrons. The van der Waals surface area contributed by atoms with Gasteiger partial charge in [0.05, 0.1) is 24.4 Å². The first-order valence-electron chi connectivity index (χ1n) is 4.27. The molecule has 14 heavy (non-hydrogen) atoms. The van der Waals surface area contributed by atoms with Gasteiger partial charge in [0.15, 0.2) is 0 Å². The number of aromatic nitrogens is 1. The molecule has 1 amide bonds. The van der Waals surface area contributed by atoms with Crippen LogP contribution < -0.4 is 0 Å². The summed E-state index contributed by atoms with van der Waals surface area (Å²) >= 11 is 3.27. The number of pyridine rings is 1. The third-order valence-electron chi connectivity index (χ3n) is 2.17. The van der Waals surface area contributed by atoms with Gasteiger partial charge in [0, 0.05) is 17.2 Å². The van der Waals surface area contributed by atoms with Gasteiger partial charge in [-0.2, -0.15) is 0 Å². The molecular weight excluding hydrogens is 248 g/mol. The highest BCUT2D eigenvalue weighted by atomic mass is 79.9. The Kier molecular flexibility index (Phi) is 2.52. The summed E-state index contributed by atoms with van der Waals surface area (Å²) in [7, 11) is 0. The molecule has 1 aliphatic heterocycles. The quantitative estimate of drug-likeness (QED) is 0.852. The Labute approximate surface area is 89.7 Å². The minimum Gasteiger partial charge on any atom is -0.395 e. The maximum absolute atomic E-state index is 11.7. The maximum Gasteiger partial charge on any atom is 0.256 e. The van der Waals surface area contributed by atoms with Crippen LogP contribution in [-0.2, 0) is 6.54 Å². The zero-order valence-corrected chi connectivity index (χ0v) is 8.99. The summed E-state index contributed by atoms with van der Waals surface area (Å²) in [6.07, 6.45) is 1.68.